The first-order valence-corrected chi connectivity index (χ1v) is 11.4. The lowest BCUT2D eigenvalue weighted by atomic mass is 10.1. The van der Waals surface area contributed by atoms with Crippen molar-refractivity contribution in [3.63, 3.8) is 0 Å². The smallest absolute Gasteiger partial charge is 0.340 e. The molecular weight excluding hydrogens is 484 g/mol. The highest BCUT2D eigenvalue weighted by atomic mass is 79.9. The van der Waals surface area contributed by atoms with Gasteiger partial charge in [0.1, 0.15) is 5.75 Å². The fourth-order valence-electron chi connectivity index (χ4n) is 3.28. The molecule has 9 heteroatoms. The molecule has 0 aliphatic rings. The Hall–Kier alpha value is -2.91. The summed E-state index contributed by atoms with van der Waals surface area (Å²) in [5.74, 6) is 0.0141. The van der Waals surface area contributed by atoms with Crippen LogP contribution in [0, 0.1) is 6.92 Å². The van der Waals surface area contributed by atoms with E-state index in [0.717, 1.165) is 5.56 Å². The maximum atomic E-state index is 13.4. The monoisotopic (exact) mass is 504 g/mol. The van der Waals surface area contributed by atoms with Crippen molar-refractivity contribution < 1.29 is 22.7 Å². The van der Waals surface area contributed by atoms with Gasteiger partial charge in [-0.3, -0.25) is 0 Å². The number of carbonyl (C=O) groups is 1. The Morgan fingerprint density at radius 1 is 1.10 bits per heavy atom. The molecular formula is C22H21BrN2O5S. The van der Waals surface area contributed by atoms with Gasteiger partial charge in [0.2, 0.25) is 9.84 Å². The molecule has 0 bridgehead atoms. The van der Waals surface area contributed by atoms with Crippen LogP contribution in [0.2, 0.25) is 0 Å². The summed E-state index contributed by atoms with van der Waals surface area (Å²) in [6, 6.07) is 12.9. The highest BCUT2D eigenvalue weighted by molar-refractivity contribution is 9.10. The first kappa shape index (κ1) is 22.8. The third-order valence-electron chi connectivity index (χ3n) is 4.74. The normalized spacial score (nSPS) is 11.1. The van der Waals surface area contributed by atoms with Gasteiger partial charge in [0.05, 0.1) is 36.1 Å². The van der Waals surface area contributed by atoms with Crippen LogP contribution >= 0.6 is 15.9 Å². The minimum absolute atomic E-state index is 0.0855. The molecule has 0 spiro atoms. The molecule has 0 radical (unpaired) electrons. The third kappa shape index (κ3) is 4.42. The molecule has 0 N–H and O–H groups in total. The highest BCUT2D eigenvalue weighted by Gasteiger charge is 2.27. The van der Waals surface area contributed by atoms with Crippen LogP contribution in [-0.2, 0) is 14.6 Å². The van der Waals surface area contributed by atoms with Gasteiger partial charge < -0.3 is 14.4 Å². The van der Waals surface area contributed by atoms with Crippen LogP contribution in [-0.4, -0.2) is 40.6 Å². The summed E-state index contributed by atoms with van der Waals surface area (Å²) in [6.07, 6.45) is 1.42. The van der Waals surface area contributed by atoms with Crippen LogP contribution in [0.25, 0.3) is 0 Å². The topological polar surface area (TPSA) is 85.8 Å². The molecule has 31 heavy (non-hydrogen) atoms. The van der Waals surface area contributed by atoms with E-state index in [1.807, 2.05) is 13.0 Å². The SMILES string of the molecule is COC(=O)c1cc(Br)cc(C)c1N(C)c1cccnc1S(=O)(=O)c1ccc(OC)cc1. The number of anilines is 2. The van der Waals surface area contributed by atoms with Crippen molar-refractivity contribution in [1.82, 2.24) is 4.98 Å². The fourth-order valence-corrected chi connectivity index (χ4v) is 5.25. The number of esters is 1. The Balaban J connectivity index is 2.18. The van der Waals surface area contributed by atoms with Crippen LogP contribution < -0.4 is 9.64 Å². The molecule has 2 aromatic carbocycles. The predicted octanol–water partition coefficient (Wildman–Crippen LogP) is 4.55. The lowest BCUT2D eigenvalue weighted by Crippen LogP contribution is -2.20. The standard InChI is InChI=1S/C22H21BrN2O5S/c1-14-12-15(23)13-18(22(26)30-4)20(14)25(2)19-6-5-11-24-21(19)31(27,28)17-9-7-16(29-3)8-10-17/h5-13H,1-4H3. The Bertz CT molecular complexity index is 1230. The zero-order valence-electron chi connectivity index (χ0n) is 17.4. The second-order valence-corrected chi connectivity index (χ2v) is 9.46. The number of benzene rings is 2. The quantitative estimate of drug-likeness (QED) is 0.455. The van der Waals surface area contributed by atoms with Crippen molar-refractivity contribution in [1.29, 1.82) is 0 Å². The number of pyridine rings is 1. The number of aromatic nitrogens is 1. The number of rotatable bonds is 6. The van der Waals surface area contributed by atoms with Crippen molar-refractivity contribution in [2.75, 3.05) is 26.2 Å². The average Bonchev–Trinajstić information content (AvgIpc) is 2.77. The Kier molecular flexibility index (Phi) is 6.66. The molecule has 0 unspecified atom stereocenters. The molecule has 0 amide bonds. The van der Waals surface area contributed by atoms with E-state index in [2.05, 4.69) is 20.9 Å². The summed E-state index contributed by atoms with van der Waals surface area (Å²) in [5.41, 5.74) is 1.91. The molecule has 0 aliphatic heterocycles. The Morgan fingerprint density at radius 2 is 1.77 bits per heavy atom. The number of aryl methyl sites for hydroxylation is 1. The van der Waals surface area contributed by atoms with Crippen LogP contribution in [0.5, 0.6) is 5.75 Å². The van der Waals surface area contributed by atoms with Crippen molar-refractivity contribution in [2.24, 2.45) is 0 Å². The molecule has 0 aliphatic carbocycles. The molecule has 3 rings (SSSR count). The maximum absolute atomic E-state index is 13.4. The largest absolute Gasteiger partial charge is 0.497 e. The number of nitrogens with zero attached hydrogens (tertiary/aromatic N) is 2. The van der Waals surface area contributed by atoms with E-state index in [1.165, 1.54) is 32.5 Å². The number of hydrogen-bond donors (Lipinski definition) is 0. The number of hydrogen-bond acceptors (Lipinski definition) is 7. The van der Waals surface area contributed by atoms with E-state index in [4.69, 9.17) is 9.47 Å². The van der Waals surface area contributed by atoms with E-state index in [0.29, 0.717) is 27.2 Å². The van der Waals surface area contributed by atoms with Gasteiger partial charge in [-0.05, 0) is 61.0 Å². The predicted molar refractivity (Wildman–Crippen MR) is 121 cm³/mol. The van der Waals surface area contributed by atoms with Gasteiger partial charge in [-0.2, -0.15) is 0 Å². The van der Waals surface area contributed by atoms with Crippen molar-refractivity contribution in [2.45, 2.75) is 16.8 Å². The third-order valence-corrected chi connectivity index (χ3v) is 6.92. The van der Waals surface area contributed by atoms with Crippen molar-refractivity contribution >= 4 is 43.1 Å². The molecule has 7 nitrogen and oxygen atoms in total. The van der Waals surface area contributed by atoms with Crippen LogP contribution in [0.15, 0.2) is 69.1 Å². The minimum Gasteiger partial charge on any atom is -0.497 e. The molecule has 0 saturated carbocycles. The van der Waals surface area contributed by atoms with E-state index in [9.17, 15) is 13.2 Å². The lowest BCUT2D eigenvalue weighted by molar-refractivity contribution is 0.0601. The number of carbonyl (C=O) groups excluding carboxylic acids is 1. The number of ether oxygens (including phenoxy) is 2. The molecule has 162 valence electrons. The molecule has 1 aromatic heterocycles. The van der Waals surface area contributed by atoms with Gasteiger partial charge in [-0.15, -0.1) is 0 Å². The second kappa shape index (κ2) is 9.07. The van der Waals surface area contributed by atoms with E-state index < -0.39 is 15.8 Å². The minimum atomic E-state index is -3.94. The first-order chi connectivity index (χ1) is 14.7. The number of methoxy groups -OCH3 is 2. The zero-order valence-corrected chi connectivity index (χ0v) is 19.8. The van der Waals surface area contributed by atoms with Gasteiger partial charge in [0, 0.05) is 17.7 Å². The maximum Gasteiger partial charge on any atom is 0.340 e. The van der Waals surface area contributed by atoms with E-state index in [1.54, 1.807) is 42.3 Å². The molecule has 3 aromatic rings. The summed E-state index contributed by atoms with van der Waals surface area (Å²) < 4.78 is 37.5. The van der Waals surface area contributed by atoms with Crippen LogP contribution in [0.4, 0.5) is 11.4 Å². The van der Waals surface area contributed by atoms with E-state index in [-0.39, 0.29) is 9.92 Å². The average molecular weight is 505 g/mol. The van der Waals surface area contributed by atoms with Crippen LogP contribution in [0.1, 0.15) is 15.9 Å². The van der Waals surface area contributed by atoms with Crippen molar-refractivity contribution in [3.8, 4) is 5.75 Å². The lowest BCUT2D eigenvalue weighted by Gasteiger charge is -2.25. The molecule has 0 saturated heterocycles. The highest BCUT2D eigenvalue weighted by Crippen LogP contribution is 2.37. The zero-order chi connectivity index (χ0) is 22.8. The summed E-state index contributed by atoms with van der Waals surface area (Å²) in [4.78, 5) is 18.3. The molecule has 1 heterocycles. The van der Waals surface area contributed by atoms with Crippen molar-refractivity contribution in [3.05, 3.63) is 70.3 Å². The number of halogens is 1. The Morgan fingerprint density at radius 3 is 2.39 bits per heavy atom. The van der Waals surface area contributed by atoms with Gasteiger partial charge in [-0.25, -0.2) is 18.2 Å². The fraction of sp³-hybridized carbons (Fsp3) is 0.182. The second-order valence-electron chi connectivity index (χ2n) is 6.68. The summed E-state index contributed by atoms with van der Waals surface area (Å²) in [7, 11) is 0.552. The molecule has 0 atom stereocenters. The van der Waals surface area contributed by atoms with Crippen LogP contribution in [0.3, 0.4) is 0 Å². The summed E-state index contributed by atoms with van der Waals surface area (Å²) >= 11 is 3.39. The van der Waals surface area contributed by atoms with Gasteiger partial charge in [0.25, 0.3) is 0 Å². The van der Waals surface area contributed by atoms with Gasteiger partial charge >= 0.3 is 5.97 Å². The van der Waals surface area contributed by atoms with Gasteiger partial charge in [-0.1, -0.05) is 15.9 Å². The summed E-state index contributed by atoms with van der Waals surface area (Å²) in [5, 5.41) is -0.124. The van der Waals surface area contributed by atoms with E-state index >= 15 is 0 Å². The first-order valence-electron chi connectivity index (χ1n) is 9.17. The number of sulfone groups is 1. The molecule has 0 fully saturated rings. The Labute approximate surface area is 189 Å². The van der Waals surface area contributed by atoms with Gasteiger partial charge in [0.15, 0.2) is 5.03 Å². The summed E-state index contributed by atoms with van der Waals surface area (Å²) in [6.45, 7) is 1.83.